The number of ether oxygens (including phenoxy) is 2. The lowest BCUT2D eigenvalue weighted by Crippen LogP contribution is -2.25. The minimum absolute atomic E-state index is 0.00998. The zero-order valence-electron chi connectivity index (χ0n) is 19.7. The summed E-state index contributed by atoms with van der Waals surface area (Å²) in [4.78, 5) is 16.4. The summed E-state index contributed by atoms with van der Waals surface area (Å²) in [5.41, 5.74) is 8.84. The molecule has 0 spiro atoms. The summed E-state index contributed by atoms with van der Waals surface area (Å²) in [5.74, 6) is -3.05. The average Bonchev–Trinajstić information content (AvgIpc) is 3.55. The Hall–Kier alpha value is -3.32. The van der Waals surface area contributed by atoms with Crippen LogP contribution < -0.4 is 10.5 Å². The van der Waals surface area contributed by atoms with Gasteiger partial charge in [0.05, 0.1) is 11.6 Å². The highest BCUT2D eigenvalue weighted by molar-refractivity contribution is 5.77. The van der Waals surface area contributed by atoms with E-state index in [1.165, 1.54) is 0 Å². The van der Waals surface area contributed by atoms with Crippen molar-refractivity contribution in [3.05, 3.63) is 77.0 Å². The zero-order chi connectivity index (χ0) is 24.6. The van der Waals surface area contributed by atoms with Gasteiger partial charge in [-0.05, 0) is 74.6 Å². The molecule has 0 aliphatic heterocycles. The number of esters is 1. The zero-order valence-corrected chi connectivity index (χ0v) is 19.7. The van der Waals surface area contributed by atoms with E-state index >= 15 is 0 Å². The van der Waals surface area contributed by atoms with Crippen LogP contribution in [0.15, 0.2) is 48.5 Å². The number of aromatic nitrogens is 1. The summed E-state index contributed by atoms with van der Waals surface area (Å²) in [6, 6.07) is 14.1. The third kappa shape index (κ3) is 5.42. The van der Waals surface area contributed by atoms with Crippen molar-refractivity contribution in [3.63, 3.8) is 0 Å². The van der Waals surface area contributed by atoms with Crippen molar-refractivity contribution in [3.8, 4) is 22.8 Å². The van der Waals surface area contributed by atoms with E-state index in [1.807, 2.05) is 37.3 Å². The topological polar surface area (TPSA) is 74.4 Å². The molecule has 5 nitrogen and oxygen atoms in total. The van der Waals surface area contributed by atoms with E-state index in [1.54, 1.807) is 32.9 Å². The van der Waals surface area contributed by atoms with E-state index < -0.39 is 35.0 Å². The van der Waals surface area contributed by atoms with Crippen LogP contribution in [-0.4, -0.2) is 16.6 Å². The minimum Gasteiger partial charge on any atom is -0.460 e. The number of carbonyl (C=O) groups is 1. The number of benzene rings is 2. The first-order chi connectivity index (χ1) is 16.0. The Labute approximate surface area is 197 Å². The number of pyridine rings is 1. The number of halogens is 2. The monoisotopic (exact) mass is 466 g/mol. The molecule has 0 bridgehead atoms. The summed E-state index contributed by atoms with van der Waals surface area (Å²) >= 11 is 0. The van der Waals surface area contributed by atoms with Crippen LogP contribution in [0, 0.1) is 24.5 Å². The lowest BCUT2D eigenvalue weighted by Gasteiger charge is -2.19. The van der Waals surface area contributed by atoms with E-state index in [2.05, 4.69) is 4.98 Å². The Morgan fingerprint density at radius 3 is 2.56 bits per heavy atom. The number of nitrogens with zero attached hydrogens (tertiary/aromatic N) is 1. The van der Waals surface area contributed by atoms with Crippen molar-refractivity contribution in [1.29, 1.82) is 0 Å². The van der Waals surface area contributed by atoms with Crippen molar-refractivity contribution in [1.82, 2.24) is 4.98 Å². The van der Waals surface area contributed by atoms with Crippen molar-refractivity contribution >= 4 is 5.97 Å². The van der Waals surface area contributed by atoms with Crippen molar-refractivity contribution < 1.29 is 23.0 Å². The highest BCUT2D eigenvalue weighted by Gasteiger charge is 2.48. The normalized spacial score (nSPS) is 17.4. The summed E-state index contributed by atoms with van der Waals surface area (Å²) in [5, 5.41) is 0. The Morgan fingerprint density at radius 2 is 1.85 bits per heavy atom. The van der Waals surface area contributed by atoms with Gasteiger partial charge in [-0.3, -0.25) is 4.79 Å². The van der Waals surface area contributed by atoms with Gasteiger partial charge in [-0.2, -0.15) is 0 Å². The molecule has 4 rings (SSSR count). The Morgan fingerprint density at radius 1 is 1.09 bits per heavy atom. The standard InChI is InChI=1S/C27H28F2N2O3/c1-15-8-18(17-7-5-6-16(10-17)14-30)11-19(9-15)33-25-23(29)13-22(28)24(31-25)20-12-21(20)26(32)34-27(2,3)4/h5-11,13,20-21H,12,14,30H2,1-4H3. The molecular formula is C27H28F2N2O3. The van der Waals surface area contributed by atoms with Crippen LogP contribution in [-0.2, 0) is 16.1 Å². The van der Waals surface area contributed by atoms with Crippen LogP contribution in [0.2, 0.25) is 0 Å². The number of carbonyl (C=O) groups excluding carboxylic acids is 1. The fraction of sp³-hybridized carbons (Fsp3) is 0.333. The van der Waals surface area contributed by atoms with Crippen LogP contribution in [0.3, 0.4) is 0 Å². The number of hydrogen-bond acceptors (Lipinski definition) is 5. The molecule has 2 N–H and O–H groups in total. The van der Waals surface area contributed by atoms with Gasteiger partial charge < -0.3 is 15.2 Å². The van der Waals surface area contributed by atoms with E-state index in [0.717, 1.165) is 28.3 Å². The van der Waals surface area contributed by atoms with Crippen LogP contribution >= 0.6 is 0 Å². The smallest absolute Gasteiger partial charge is 0.310 e. The SMILES string of the molecule is Cc1cc(Oc2nc(C3CC3C(=O)OC(C)(C)C)c(F)cc2F)cc(-c2cccc(CN)c2)c1. The predicted octanol–water partition coefficient (Wildman–Crippen LogP) is 6.03. The molecule has 1 heterocycles. The Bertz CT molecular complexity index is 1240. The lowest BCUT2D eigenvalue weighted by molar-refractivity contribution is -0.156. The summed E-state index contributed by atoms with van der Waals surface area (Å²) in [7, 11) is 0. The molecule has 2 atom stereocenters. The van der Waals surface area contributed by atoms with Crippen molar-refractivity contribution in [2.24, 2.45) is 11.7 Å². The second-order valence-electron chi connectivity index (χ2n) is 9.67. The van der Waals surface area contributed by atoms with Crippen molar-refractivity contribution in [2.45, 2.75) is 52.2 Å². The third-order valence-electron chi connectivity index (χ3n) is 5.54. The minimum atomic E-state index is -0.913. The summed E-state index contributed by atoms with van der Waals surface area (Å²) < 4.78 is 40.3. The largest absolute Gasteiger partial charge is 0.460 e. The van der Waals surface area contributed by atoms with E-state index in [9.17, 15) is 13.6 Å². The Balaban J connectivity index is 1.59. The summed E-state index contributed by atoms with van der Waals surface area (Å²) in [6.45, 7) is 7.63. The number of rotatable bonds is 6. The fourth-order valence-electron chi connectivity index (χ4n) is 3.89. The molecule has 178 valence electrons. The molecule has 7 heteroatoms. The molecule has 0 amide bonds. The molecule has 3 aromatic rings. The molecule has 0 radical (unpaired) electrons. The van der Waals surface area contributed by atoms with Gasteiger partial charge in [0.15, 0.2) is 5.82 Å². The molecule has 1 saturated carbocycles. The molecule has 1 aliphatic carbocycles. The molecular weight excluding hydrogens is 438 g/mol. The molecule has 1 aromatic heterocycles. The van der Waals surface area contributed by atoms with Gasteiger partial charge >= 0.3 is 5.97 Å². The molecule has 34 heavy (non-hydrogen) atoms. The highest BCUT2D eigenvalue weighted by atomic mass is 19.1. The first kappa shape index (κ1) is 23.8. The summed E-state index contributed by atoms with van der Waals surface area (Å²) in [6.07, 6.45) is 0.399. The van der Waals surface area contributed by atoms with E-state index in [4.69, 9.17) is 15.2 Å². The molecule has 2 aromatic carbocycles. The number of nitrogens with two attached hydrogens (primary N) is 1. The van der Waals surface area contributed by atoms with Crippen molar-refractivity contribution in [2.75, 3.05) is 0 Å². The second-order valence-corrected chi connectivity index (χ2v) is 9.67. The first-order valence-electron chi connectivity index (χ1n) is 11.2. The molecule has 1 fully saturated rings. The molecule has 2 unspecified atom stereocenters. The molecule has 1 aliphatic rings. The maximum Gasteiger partial charge on any atom is 0.310 e. The third-order valence-corrected chi connectivity index (χ3v) is 5.54. The van der Waals surface area contributed by atoms with Gasteiger partial charge in [0, 0.05) is 18.5 Å². The maximum atomic E-state index is 14.6. The fourth-order valence-corrected chi connectivity index (χ4v) is 3.89. The second kappa shape index (κ2) is 9.14. The van der Waals surface area contributed by atoms with Gasteiger partial charge in [0.2, 0.25) is 0 Å². The quantitative estimate of drug-likeness (QED) is 0.449. The molecule has 0 saturated heterocycles. The van der Waals surface area contributed by atoms with Gasteiger partial charge in [-0.1, -0.05) is 24.3 Å². The van der Waals surface area contributed by atoms with Crippen LogP contribution in [0.4, 0.5) is 8.78 Å². The van der Waals surface area contributed by atoms with Crippen LogP contribution in [0.1, 0.15) is 49.9 Å². The van der Waals surface area contributed by atoms with E-state index in [0.29, 0.717) is 18.7 Å². The van der Waals surface area contributed by atoms with E-state index in [-0.39, 0.29) is 11.6 Å². The average molecular weight is 467 g/mol. The van der Waals surface area contributed by atoms with Gasteiger partial charge in [0.1, 0.15) is 17.2 Å². The van der Waals surface area contributed by atoms with Crippen LogP contribution in [0.5, 0.6) is 11.6 Å². The maximum absolute atomic E-state index is 14.6. The van der Waals surface area contributed by atoms with Crippen LogP contribution in [0.25, 0.3) is 11.1 Å². The Kier molecular flexibility index (Phi) is 6.41. The predicted molar refractivity (Wildman–Crippen MR) is 125 cm³/mol. The number of aryl methyl sites for hydroxylation is 1. The van der Waals surface area contributed by atoms with Gasteiger partial charge in [-0.15, -0.1) is 0 Å². The first-order valence-corrected chi connectivity index (χ1v) is 11.2. The van der Waals surface area contributed by atoms with Gasteiger partial charge in [0.25, 0.3) is 5.88 Å². The lowest BCUT2D eigenvalue weighted by atomic mass is 10.0. The van der Waals surface area contributed by atoms with Gasteiger partial charge in [-0.25, -0.2) is 13.8 Å². The highest BCUT2D eigenvalue weighted by Crippen LogP contribution is 2.49. The number of hydrogen-bond donors (Lipinski definition) is 1.